The fourth-order valence-electron chi connectivity index (χ4n) is 2.94. The molecular formula is C15H20Br2. The summed E-state index contributed by atoms with van der Waals surface area (Å²) in [5.41, 5.74) is 1.49. The maximum Gasteiger partial charge on any atom is 0.0178 e. The van der Waals surface area contributed by atoms with Gasteiger partial charge >= 0.3 is 0 Å². The molecule has 0 aliphatic heterocycles. The van der Waals surface area contributed by atoms with Crippen LogP contribution in [0.15, 0.2) is 28.7 Å². The Morgan fingerprint density at radius 1 is 1.12 bits per heavy atom. The van der Waals surface area contributed by atoms with Gasteiger partial charge in [-0.1, -0.05) is 69.7 Å². The summed E-state index contributed by atoms with van der Waals surface area (Å²) in [6, 6.07) is 8.84. The van der Waals surface area contributed by atoms with Gasteiger partial charge in [-0.15, -0.1) is 0 Å². The average Bonchev–Trinajstić information content (AvgIpc) is 2.59. The van der Waals surface area contributed by atoms with Crippen molar-refractivity contribution in [3.05, 3.63) is 34.3 Å². The second-order valence-corrected chi connectivity index (χ2v) is 6.63. The number of halogens is 2. The van der Waals surface area contributed by atoms with E-state index in [1.165, 1.54) is 48.6 Å². The fourth-order valence-corrected chi connectivity index (χ4v) is 4.26. The van der Waals surface area contributed by atoms with Gasteiger partial charge in [0.25, 0.3) is 0 Å². The van der Waals surface area contributed by atoms with E-state index in [9.17, 15) is 0 Å². The van der Waals surface area contributed by atoms with Crippen molar-refractivity contribution in [1.82, 2.24) is 0 Å². The van der Waals surface area contributed by atoms with Crippen LogP contribution in [0.4, 0.5) is 0 Å². The third-order valence-corrected chi connectivity index (χ3v) is 5.10. The molecule has 0 saturated heterocycles. The molecule has 0 nitrogen and oxygen atoms in total. The van der Waals surface area contributed by atoms with Gasteiger partial charge in [-0.3, -0.25) is 0 Å². The Morgan fingerprint density at radius 3 is 2.41 bits per heavy atom. The number of rotatable bonds is 3. The molecule has 0 amide bonds. The van der Waals surface area contributed by atoms with Gasteiger partial charge in [-0.05, 0) is 42.4 Å². The molecule has 0 bridgehead atoms. The van der Waals surface area contributed by atoms with Crippen LogP contribution in [0.3, 0.4) is 0 Å². The van der Waals surface area contributed by atoms with Crippen molar-refractivity contribution in [2.75, 3.05) is 5.33 Å². The molecule has 1 aliphatic carbocycles. The maximum atomic E-state index is 3.72. The van der Waals surface area contributed by atoms with E-state index in [0.717, 1.165) is 11.2 Å². The van der Waals surface area contributed by atoms with Crippen LogP contribution < -0.4 is 0 Å². The lowest BCUT2D eigenvalue weighted by molar-refractivity contribution is 0.400. The molecule has 1 saturated carbocycles. The van der Waals surface area contributed by atoms with Crippen LogP contribution in [0, 0.1) is 5.92 Å². The van der Waals surface area contributed by atoms with Crippen LogP contribution in [-0.4, -0.2) is 5.33 Å². The Balaban J connectivity index is 2.14. The molecule has 1 unspecified atom stereocenters. The second-order valence-electron chi connectivity index (χ2n) is 5.07. The summed E-state index contributed by atoms with van der Waals surface area (Å²) in [5.74, 6) is 1.55. The zero-order chi connectivity index (χ0) is 12.1. The number of hydrogen-bond donors (Lipinski definition) is 0. The summed E-state index contributed by atoms with van der Waals surface area (Å²) in [7, 11) is 0. The molecule has 0 N–H and O–H groups in total. The lowest BCUT2D eigenvalue weighted by Gasteiger charge is -2.25. The zero-order valence-corrected chi connectivity index (χ0v) is 13.3. The highest BCUT2D eigenvalue weighted by Gasteiger charge is 2.23. The van der Waals surface area contributed by atoms with Gasteiger partial charge < -0.3 is 0 Å². The Kier molecular flexibility index (Phi) is 5.55. The maximum absolute atomic E-state index is 3.72. The molecule has 1 fully saturated rings. The van der Waals surface area contributed by atoms with Crippen LogP contribution in [0.25, 0.3) is 0 Å². The standard InChI is InChI=1S/C15H20Br2/c16-11-15(12-6-3-1-2-4-7-12)13-8-5-9-14(17)10-13/h5,8-10,12,15H,1-4,6-7,11H2. The molecule has 94 valence electrons. The molecule has 0 heterocycles. The average molecular weight is 360 g/mol. The third-order valence-electron chi connectivity index (χ3n) is 3.91. The molecule has 0 aromatic heterocycles. The summed E-state index contributed by atoms with van der Waals surface area (Å²) >= 11 is 7.31. The van der Waals surface area contributed by atoms with Crippen molar-refractivity contribution in [2.45, 2.75) is 44.4 Å². The second kappa shape index (κ2) is 6.94. The molecule has 0 radical (unpaired) electrons. The highest BCUT2D eigenvalue weighted by Crippen LogP contribution is 2.36. The van der Waals surface area contributed by atoms with E-state index in [1.54, 1.807) is 0 Å². The Hall–Kier alpha value is 0.180. The SMILES string of the molecule is BrCC(c1cccc(Br)c1)C1CCCCCC1. The topological polar surface area (TPSA) is 0 Å². The number of alkyl halides is 1. The van der Waals surface area contributed by atoms with Gasteiger partial charge in [0.1, 0.15) is 0 Å². The summed E-state index contributed by atoms with van der Waals surface area (Å²) in [5, 5.41) is 1.09. The Bertz CT molecular complexity index is 341. The van der Waals surface area contributed by atoms with Crippen LogP contribution in [0.1, 0.15) is 50.0 Å². The first-order valence-electron chi connectivity index (χ1n) is 6.62. The van der Waals surface area contributed by atoms with E-state index in [0.29, 0.717) is 5.92 Å². The molecule has 1 atom stereocenters. The lowest BCUT2D eigenvalue weighted by atomic mass is 9.83. The predicted octanol–water partition coefficient (Wildman–Crippen LogP) is 5.90. The minimum Gasteiger partial charge on any atom is -0.0921 e. The highest BCUT2D eigenvalue weighted by molar-refractivity contribution is 9.10. The van der Waals surface area contributed by atoms with Crippen LogP contribution in [0.2, 0.25) is 0 Å². The van der Waals surface area contributed by atoms with Gasteiger partial charge in [-0.2, -0.15) is 0 Å². The van der Waals surface area contributed by atoms with Gasteiger partial charge in [0.15, 0.2) is 0 Å². The van der Waals surface area contributed by atoms with E-state index in [1.807, 2.05) is 0 Å². The van der Waals surface area contributed by atoms with Crippen molar-refractivity contribution in [1.29, 1.82) is 0 Å². The molecular weight excluding hydrogens is 340 g/mol. The third kappa shape index (κ3) is 3.82. The normalized spacial score (nSPS) is 19.9. The summed E-state index contributed by atoms with van der Waals surface area (Å²) in [6.07, 6.45) is 8.52. The minimum absolute atomic E-state index is 0.686. The summed E-state index contributed by atoms with van der Waals surface area (Å²) < 4.78 is 1.20. The molecule has 1 aromatic carbocycles. The van der Waals surface area contributed by atoms with Crippen molar-refractivity contribution in [2.24, 2.45) is 5.92 Å². The zero-order valence-electron chi connectivity index (χ0n) is 10.2. The van der Waals surface area contributed by atoms with Crippen LogP contribution in [0.5, 0.6) is 0 Å². The van der Waals surface area contributed by atoms with Gasteiger partial charge in [-0.25, -0.2) is 0 Å². The van der Waals surface area contributed by atoms with Crippen molar-refractivity contribution < 1.29 is 0 Å². The molecule has 1 aliphatic rings. The van der Waals surface area contributed by atoms with Gasteiger partial charge in [0, 0.05) is 9.80 Å². The number of benzene rings is 1. The van der Waals surface area contributed by atoms with E-state index in [4.69, 9.17) is 0 Å². The Labute approximate surface area is 121 Å². The molecule has 1 aromatic rings. The Morgan fingerprint density at radius 2 is 1.82 bits per heavy atom. The molecule has 17 heavy (non-hydrogen) atoms. The number of hydrogen-bond acceptors (Lipinski definition) is 0. The van der Waals surface area contributed by atoms with Crippen molar-refractivity contribution >= 4 is 31.9 Å². The van der Waals surface area contributed by atoms with Crippen LogP contribution in [-0.2, 0) is 0 Å². The predicted molar refractivity (Wildman–Crippen MR) is 81.9 cm³/mol. The first-order valence-corrected chi connectivity index (χ1v) is 8.54. The summed E-state index contributed by atoms with van der Waals surface area (Å²) in [6.45, 7) is 0. The first-order chi connectivity index (χ1) is 8.31. The molecule has 0 spiro atoms. The molecule has 2 rings (SSSR count). The van der Waals surface area contributed by atoms with E-state index in [2.05, 4.69) is 56.1 Å². The van der Waals surface area contributed by atoms with Gasteiger partial charge in [0.05, 0.1) is 0 Å². The van der Waals surface area contributed by atoms with E-state index >= 15 is 0 Å². The van der Waals surface area contributed by atoms with Crippen LogP contribution >= 0.6 is 31.9 Å². The van der Waals surface area contributed by atoms with Gasteiger partial charge in [0.2, 0.25) is 0 Å². The monoisotopic (exact) mass is 358 g/mol. The quantitative estimate of drug-likeness (QED) is 0.465. The molecule has 2 heteroatoms. The van der Waals surface area contributed by atoms with E-state index in [-0.39, 0.29) is 0 Å². The highest BCUT2D eigenvalue weighted by atomic mass is 79.9. The minimum atomic E-state index is 0.686. The lowest BCUT2D eigenvalue weighted by Crippen LogP contribution is -2.14. The smallest absolute Gasteiger partial charge is 0.0178 e. The fraction of sp³-hybridized carbons (Fsp3) is 0.600. The van der Waals surface area contributed by atoms with Crippen molar-refractivity contribution in [3.8, 4) is 0 Å². The van der Waals surface area contributed by atoms with E-state index < -0.39 is 0 Å². The largest absolute Gasteiger partial charge is 0.0921 e. The summed E-state index contributed by atoms with van der Waals surface area (Å²) in [4.78, 5) is 0. The van der Waals surface area contributed by atoms with Crippen molar-refractivity contribution in [3.63, 3.8) is 0 Å². The first kappa shape index (κ1) is 13.6.